The van der Waals surface area contributed by atoms with Gasteiger partial charge in [-0.1, -0.05) is 0 Å². The Bertz CT molecular complexity index is 471. The summed E-state index contributed by atoms with van der Waals surface area (Å²) in [5.74, 6) is 0. The molecule has 0 heterocycles. The van der Waals surface area contributed by atoms with Crippen molar-refractivity contribution in [3.05, 3.63) is 22.9 Å². The van der Waals surface area contributed by atoms with Crippen LogP contribution in [0.3, 0.4) is 0 Å². The third-order valence-electron chi connectivity index (χ3n) is 3.77. The SMILES string of the molecule is COCCCNC1=C/C(=C(/C#N)C(O)OCCOCCOC)CCC1. The number of nitriles is 1. The maximum atomic E-state index is 10.1. The van der Waals surface area contributed by atoms with Crippen molar-refractivity contribution < 1.29 is 24.1 Å². The number of aliphatic hydroxyl groups excluding tert-OH is 1. The zero-order valence-electron chi connectivity index (χ0n) is 15.3. The van der Waals surface area contributed by atoms with Gasteiger partial charge < -0.3 is 29.4 Å². The number of hydrogen-bond donors (Lipinski definition) is 2. The summed E-state index contributed by atoms with van der Waals surface area (Å²) < 4.78 is 20.5. The first-order valence-electron chi connectivity index (χ1n) is 8.65. The molecule has 7 heteroatoms. The summed E-state index contributed by atoms with van der Waals surface area (Å²) in [6.07, 6.45) is 4.30. The molecule has 1 atom stereocenters. The summed E-state index contributed by atoms with van der Waals surface area (Å²) in [6, 6.07) is 2.08. The smallest absolute Gasteiger partial charge is 0.191 e. The number of rotatable bonds is 13. The van der Waals surface area contributed by atoms with Gasteiger partial charge in [-0.05, 0) is 37.3 Å². The van der Waals surface area contributed by atoms with Gasteiger partial charge in [0.2, 0.25) is 0 Å². The average Bonchev–Trinajstić information content (AvgIpc) is 2.63. The molecule has 0 saturated carbocycles. The van der Waals surface area contributed by atoms with Gasteiger partial charge in [0.1, 0.15) is 6.07 Å². The van der Waals surface area contributed by atoms with Crippen molar-refractivity contribution in [2.24, 2.45) is 0 Å². The van der Waals surface area contributed by atoms with Gasteiger partial charge in [0.15, 0.2) is 6.29 Å². The van der Waals surface area contributed by atoms with Crippen LogP contribution in [0.1, 0.15) is 25.7 Å². The van der Waals surface area contributed by atoms with Gasteiger partial charge in [-0.2, -0.15) is 5.26 Å². The van der Waals surface area contributed by atoms with E-state index in [-0.39, 0.29) is 12.2 Å². The molecule has 1 aliphatic rings. The first-order valence-corrected chi connectivity index (χ1v) is 8.65. The van der Waals surface area contributed by atoms with Crippen molar-refractivity contribution in [1.29, 1.82) is 5.26 Å². The third-order valence-corrected chi connectivity index (χ3v) is 3.77. The van der Waals surface area contributed by atoms with Crippen molar-refractivity contribution >= 4 is 0 Å². The Balaban J connectivity index is 2.51. The van der Waals surface area contributed by atoms with E-state index in [4.69, 9.17) is 18.9 Å². The Labute approximate surface area is 150 Å². The van der Waals surface area contributed by atoms with E-state index in [1.165, 1.54) is 0 Å². The van der Waals surface area contributed by atoms with Crippen LogP contribution >= 0.6 is 0 Å². The molecule has 0 amide bonds. The highest BCUT2D eigenvalue weighted by atomic mass is 16.6. The highest BCUT2D eigenvalue weighted by molar-refractivity contribution is 5.39. The monoisotopic (exact) mass is 354 g/mol. The van der Waals surface area contributed by atoms with Crippen LogP contribution in [0.25, 0.3) is 0 Å². The van der Waals surface area contributed by atoms with Crippen LogP contribution in [0, 0.1) is 11.3 Å². The molecule has 25 heavy (non-hydrogen) atoms. The number of ether oxygens (including phenoxy) is 4. The van der Waals surface area contributed by atoms with Crippen LogP contribution < -0.4 is 5.32 Å². The highest BCUT2D eigenvalue weighted by Crippen LogP contribution is 2.25. The maximum Gasteiger partial charge on any atom is 0.191 e. The predicted molar refractivity (Wildman–Crippen MR) is 93.7 cm³/mol. The van der Waals surface area contributed by atoms with E-state index < -0.39 is 6.29 Å². The normalized spacial score (nSPS) is 17.6. The van der Waals surface area contributed by atoms with E-state index in [9.17, 15) is 10.4 Å². The van der Waals surface area contributed by atoms with Crippen molar-refractivity contribution in [2.45, 2.75) is 32.0 Å². The van der Waals surface area contributed by atoms with Crippen LogP contribution in [-0.4, -0.2) is 65.2 Å². The summed E-state index contributed by atoms with van der Waals surface area (Å²) in [4.78, 5) is 0. The summed E-state index contributed by atoms with van der Waals surface area (Å²) in [7, 11) is 3.29. The first kappa shape index (κ1) is 21.6. The molecule has 1 aliphatic carbocycles. The molecular formula is C18H30N2O5. The lowest BCUT2D eigenvalue weighted by Crippen LogP contribution is -2.21. The lowest BCUT2D eigenvalue weighted by Gasteiger charge is -2.20. The molecule has 0 aromatic heterocycles. The Morgan fingerprint density at radius 1 is 1.20 bits per heavy atom. The molecule has 0 bridgehead atoms. The van der Waals surface area contributed by atoms with Crippen molar-refractivity contribution in [3.8, 4) is 6.07 Å². The molecule has 0 spiro atoms. The number of nitrogens with one attached hydrogen (secondary N) is 1. The van der Waals surface area contributed by atoms with Crippen LogP contribution in [0.2, 0.25) is 0 Å². The Morgan fingerprint density at radius 2 is 1.96 bits per heavy atom. The number of hydrogen-bond acceptors (Lipinski definition) is 7. The van der Waals surface area contributed by atoms with Gasteiger partial charge >= 0.3 is 0 Å². The van der Waals surface area contributed by atoms with E-state index in [1.54, 1.807) is 14.2 Å². The first-order chi connectivity index (χ1) is 12.2. The molecule has 0 aromatic carbocycles. The highest BCUT2D eigenvalue weighted by Gasteiger charge is 2.18. The lowest BCUT2D eigenvalue weighted by molar-refractivity contribution is -0.0879. The molecule has 7 nitrogen and oxygen atoms in total. The predicted octanol–water partition coefficient (Wildman–Crippen LogP) is 1.50. The average molecular weight is 354 g/mol. The van der Waals surface area contributed by atoms with Gasteiger partial charge in [0.25, 0.3) is 0 Å². The molecule has 142 valence electrons. The second kappa shape index (κ2) is 13.8. The molecule has 1 unspecified atom stereocenters. The van der Waals surface area contributed by atoms with Gasteiger partial charge in [-0.3, -0.25) is 0 Å². The second-order valence-electron chi connectivity index (χ2n) is 5.68. The van der Waals surface area contributed by atoms with Crippen molar-refractivity contribution in [3.63, 3.8) is 0 Å². The second-order valence-corrected chi connectivity index (χ2v) is 5.68. The van der Waals surface area contributed by atoms with E-state index >= 15 is 0 Å². The fourth-order valence-electron chi connectivity index (χ4n) is 2.47. The number of allylic oxidation sites excluding steroid dienone is 3. The van der Waals surface area contributed by atoms with Crippen LogP contribution in [-0.2, 0) is 18.9 Å². The number of aliphatic hydroxyl groups is 1. The van der Waals surface area contributed by atoms with Crippen molar-refractivity contribution in [2.75, 3.05) is 53.8 Å². The minimum Gasteiger partial charge on any atom is -0.388 e. The van der Waals surface area contributed by atoms with E-state index in [0.29, 0.717) is 26.4 Å². The number of nitrogens with zero attached hydrogens (tertiary/aromatic N) is 1. The van der Waals surface area contributed by atoms with Gasteiger partial charge in [-0.15, -0.1) is 0 Å². The van der Waals surface area contributed by atoms with Gasteiger partial charge in [0.05, 0.1) is 32.0 Å². The van der Waals surface area contributed by atoms with E-state index in [1.807, 2.05) is 6.08 Å². The third kappa shape index (κ3) is 9.00. The van der Waals surface area contributed by atoms with Crippen LogP contribution in [0.5, 0.6) is 0 Å². The zero-order valence-corrected chi connectivity index (χ0v) is 15.3. The topological polar surface area (TPSA) is 93.0 Å². The quantitative estimate of drug-likeness (QED) is 0.294. The molecule has 0 aromatic rings. The molecular weight excluding hydrogens is 324 g/mol. The minimum atomic E-state index is -1.23. The zero-order chi connectivity index (χ0) is 18.3. The fourth-order valence-corrected chi connectivity index (χ4v) is 2.47. The summed E-state index contributed by atoms with van der Waals surface area (Å²) in [6.45, 7) is 3.09. The van der Waals surface area contributed by atoms with Gasteiger partial charge in [0, 0.05) is 33.1 Å². The Hall–Kier alpha value is -1.43. The Morgan fingerprint density at radius 3 is 2.68 bits per heavy atom. The Kier molecular flexibility index (Phi) is 11.9. The maximum absolute atomic E-state index is 10.1. The standard InChI is InChI=1S/C18H30N2O5/c1-22-8-4-7-20-16-6-3-5-15(13-16)17(14-19)18(21)25-12-11-24-10-9-23-2/h13,18,20-21H,3-12H2,1-2H3/b17-15-. The lowest BCUT2D eigenvalue weighted by atomic mass is 9.95. The molecule has 1 rings (SSSR count). The summed E-state index contributed by atoms with van der Waals surface area (Å²) in [5.41, 5.74) is 2.18. The number of methoxy groups -OCH3 is 2. The molecule has 0 fully saturated rings. The summed E-state index contributed by atoms with van der Waals surface area (Å²) in [5, 5.41) is 22.9. The minimum absolute atomic E-state index is 0.217. The summed E-state index contributed by atoms with van der Waals surface area (Å²) >= 11 is 0. The van der Waals surface area contributed by atoms with Crippen LogP contribution in [0.4, 0.5) is 0 Å². The molecule has 2 N–H and O–H groups in total. The largest absolute Gasteiger partial charge is 0.388 e. The molecule has 0 radical (unpaired) electrons. The van der Waals surface area contributed by atoms with Crippen LogP contribution in [0.15, 0.2) is 22.9 Å². The van der Waals surface area contributed by atoms with E-state index in [2.05, 4.69) is 11.4 Å². The molecule has 0 aliphatic heterocycles. The fraction of sp³-hybridized carbons (Fsp3) is 0.722. The van der Waals surface area contributed by atoms with Gasteiger partial charge in [-0.25, -0.2) is 0 Å². The van der Waals surface area contributed by atoms with E-state index in [0.717, 1.165) is 43.5 Å². The van der Waals surface area contributed by atoms with Crippen molar-refractivity contribution in [1.82, 2.24) is 5.32 Å². The molecule has 0 saturated heterocycles.